The Balaban J connectivity index is 1.98. The van der Waals surface area contributed by atoms with Gasteiger partial charge in [0, 0.05) is 25.2 Å². The molecule has 16 heavy (non-hydrogen) atoms. The van der Waals surface area contributed by atoms with Crippen molar-refractivity contribution in [1.29, 1.82) is 0 Å². The first-order valence-corrected chi connectivity index (χ1v) is 6.36. The Morgan fingerprint density at radius 1 is 1.38 bits per heavy atom. The number of piperazine rings is 1. The van der Waals surface area contributed by atoms with Gasteiger partial charge < -0.3 is 10.2 Å². The third-order valence-corrected chi connectivity index (χ3v) is 3.94. The van der Waals surface area contributed by atoms with Gasteiger partial charge in [0.25, 0.3) is 0 Å². The fourth-order valence-electron chi connectivity index (χ4n) is 2.93. The highest BCUT2D eigenvalue weighted by Crippen LogP contribution is 2.25. The number of carbonyl (C=O) groups is 1. The minimum Gasteiger partial charge on any atom is -0.337 e. The molecule has 2 rings (SSSR count). The van der Waals surface area contributed by atoms with Crippen molar-refractivity contribution >= 4 is 5.91 Å². The lowest BCUT2D eigenvalue weighted by Gasteiger charge is -2.41. The van der Waals surface area contributed by atoms with Crippen molar-refractivity contribution in [2.45, 2.75) is 37.8 Å². The van der Waals surface area contributed by atoms with Crippen molar-refractivity contribution in [3.8, 4) is 0 Å². The predicted molar refractivity (Wildman–Crippen MR) is 64.3 cm³/mol. The van der Waals surface area contributed by atoms with Gasteiger partial charge in [-0.2, -0.15) is 0 Å². The van der Waals surface area contributed by atoms with Crippen molar-refractivity contribution in [3.63, 3.8) is 0 Å². The molecule has 1 heterocycles. The van der Waals surface area contributed by atoms with E-state index in [2.05, 4.69) is 15.1 Å². The van der Waals surface area contributed by atoms with E-state index in [1.165, 1.54) is 25.7 Å². The maximum absolute atomic E-state index is 12.0. The summed E-state index contributed by atoms with van der Waals surface area (Å²) in [4.78, 5) is 16.3. The first-order valence-electron chi connectivity index (χ1n) is 6.36. The summed E-state index contributed by atoms with van der Waals surface area (Å²) in [6.45, 7) is 2.46. The molecule has 1 amide bonds. The molecule has 1 saturated heterocycles. The Hall–Kier alpha value is -0.610. The number of carbonyl (C=O) groups excluding carboxylic acids is 1. The molecule has 0 aromatic rings. The van der Waals surface area contributed by atoms with Crippen LogP contribution in [0.4, 0.5) is 0 Å². The summed E-state index contributed by atoms with van der Waals surface area (Å²) >= 11 is 0. The Morgan fingerprint density at radius 2 is 2.06 bits per heavy atom. The SMILES string of the molecule is CNCC1CN(C2CCCC2)C(=O)CN1C. The molecule has 1 aliphatic carbocycles. The van der Waals surface area contributed by atoms with E-state index in [4.69, 9.17) is 0 Å². The summed E-state index contributed by atoms with van der Waals surface area (Å²) in [6.07, 6.45) is 5.01. The first-order chi connectivity index (χ1) is 7.72. The van der Waals surface area contributed by atoms with Crippen LogP contribution in [-0.4, -0.2) is 61.5 Å². The number of nitrogens with zero attached hydrogens (tertiary/aromatic N) is 2. The Bertz CT molecular complexity index is 251. The minimum absolute atomic E-state index is 0.321. The van der Waals surface area contributed by atoms with Gasteiger partial charge in [0.1, 0.15) is 0 Å². The summed E-state index contributed by atoms with van der Waals surface area (Å²) in [5.41, 5.74) is 0. The van der Waals surface area contributed by atoms with Crippen LogP contribution in [0.5, 0.6) is 0 Å². The molecular formula is C12H23N3O. The lowest BCUT2D eigenvalue weighted by atomic mass is 10.1. The summed E-state index contributed by atoms with van der Waals surface area (Å²) in [5.74, 6) is 0.321. The second-order valence-electron chi connectivity index (χ2n) is 5.11. The Kier molecular flexibility index (Phi) is 3.82. The van der Waals surface area contributed by atoms with E-state index in [1.807, 2.05) is 14.1 Å². The zero-order chi connectivity index (χ0) is 11.5. The lowest BCUT2D eigenvalue weighted by molar-refractivity contribution is -0.140. The second-order valence-corrected chi connectivity index (χ2v) is 5.11. The largest absolute Gasteiger partial charge is 0.337 e. The molecular weight excluding hydrogens is 202 g/mol. The van der Waals surface area contributed by atoms with Crippen LogP contribution in [-0.2, 0) is 4.79 Å². The molecule has 0 bridgehead atoms. The summed E-state index contributed by atoms with van der Waals surface area (Å²) in [7, 11) is 4.02. The quantitative estimate of drug-likeness (QED) is 0.750. The molecule has 1 aliphatic heterocycles. The van der Waals surface area contributed by atoms with E-state index in [-0.39, 0.29) is 0 Å². The van der Waals surface area contributed by atoms with Gasteiger partial charge in [-0.25, -0.2) is 0 Å². The topological polar surface area (TPSA) is 35.6 Å². The first kappa shape index (κ1) is 11.9. The molecule has 1 saturated carbocycles. The highest BCUT2D eigenvalue weighted by atomic mass is 16.2. The molecule has 0 spiro atoms. The molecule has 2 aliphatic rings. The standard InChI is InChI=1S/C12H23N3O/c1-13-7-11-8-15(10-5-3-4-6-10)12(16)9-14(11)2/h10-11,13H,3-9H2,1-2H3. The molecule has 1 unspecified atom stereocenters. The van der Waals surface area contributed by atoms with E-state index in [1.54, 1.807) is 0 Å². The summed E-state index contributed by atoms with van der Waals surface area (Å²) < 4.78 is 0. The van der Waals surface area contributed by atoms with Crippen LogP contribution in [0.1, 0.15) is 25.7 Å². The normalized spacial score (nSPS) is 29.0. The molecule has 4 heteroatoms. The number of nitrogens with one attached hydrogen (secondary N) is 1. The van der Waals surface area contributed by atoms with Crippen molar-refractivity contribution in [1.82, 2.24) is 15.1 Å². The zero-order valence-electron chi connectivity index (χ0n) is 10.4. The molecule has 0 aromatic heterocycles. The van der Waals surface area contributed by atoms with E-state index >= 15 is 0 Å². The maximum atomic E-state index is 12.0. The molecule has 0 aromatic carbocycles. The van der Waals surface area contributed by atoms with E-state index < -0.39 is 0 Å². The number of hydrogen-bond donors (Lipinski definition) is 1. The van der Waals surface area contributed by atoms with Gasteiger partial charge in [-0.15, -0.1) is 0 Å². The maximum Gasteiger partial charge on any atom is 0.237 e. The average Bonchev–Trinajstić information content (AvgIpc) is 2.75. The average molecular weight is 225 g/mol. The Morgan fingerprint density at radius 3 is 2.69 bits per heavy atom. The van der Waals surface area contributed by atoms with Crippen molar-refractivity contribution in [3.05, 3.63) is 0 Å². The number of likely N-dealkylation sites (N-methyl/N-ethyl adjacent to an activating group) is 2. The number of amides is 1. The smallest absolute Gasteiger partial charge is 0.237 e. The van der Waals surface area contributed by atoms with Crippen LogP contribution in [0.25, 0.3) is 0 Å². The highest BCUT2D eigenvalue weighted by molar-refractivity contribution is 5.79. The fourth-order valence-corrected chi connectivity index (χ4v) is 2.93. The lowest BCUT2D eigenvalue weighted by Crippen LogP contribution is -2.59. The van der Waals surface area contributed by atoms with Crippen LogP contribution in [0.15, 0.2) is 0 Å². The van der Waals surface area contributed by atoms with Crippen LogP contribution in [0.2, 0.25) is 0 Å². The molecule has 0 radical (unpaired) electrons. The second kappa shape index (κ2) is 5.15. The zero-order valence-corrected chi connectivity index (χ0v) is 10.4. The summed E-state index contributed by atoms with van der Waals surface area (Å²) in [5, 5.41) is 3.21. The minimum atomic E-state index is 0.321. The Labute approximate surface area is 98.0 Å². The van der Waals surface area contributed by atoms with Crippen LogP contribution in [0, 0.1) is 0 Å². The number of rotatable bonds is 3. The third kappa shape index (κ3) is 2.38. The van der Waals surface area contributed by atoms with Crippen molar-refractivity contribution < 1.29 is 4.79 Å². The molecule has 1 N–H and O–H groups in total. The summed E-state index contributed by atoms with van der Waals surface area (Å²) in [6, 6.07) is 1.00. The highest BCUT2D eigenvalue weighted by Gasteiger charge is 2.34. The van der Waals surface area contributed by atoms with E-state index in [9.17, 15) is 4.79 Å². The van der Waals surface area contributed by atoms with Gasteiger partial charge in [0.15, 0.2) is 0 Å². The van der Waals surface area contributed by atoms with Gasteiger partial charge in [0.05, 0.1) is 6.54 Å². The fraction of sp³-hybridized carbons (Fsp3) is 0.917. The molecule has 1 atom stereocenters. The van der Waals surface area contributed by atoms with Gasteiger partial charge in [-0.3, -0.25) is 9.69 Å². The third-order valence-electron chi connectivity index (χ3n) is 3.94. The van der Waals surface area contributed by atoms with Crippen LogP contribution in [0.3, 0.4) is 0 Å². The molecule has 92 valence electrons. The number of hydrogen-bond acceptors (Lipinski definition) is 3. The van der Waals surface area contributed by atoms with Gasteiger partial charge in [0.2, 0.25) is 5.91 Å². The van der Waals surface area contributed by atoms with E-state index in [0.29, 0.717) is 24.5 Å². The molecule has 4 nitrogen and oxygen atoms in total. The van der Waals surface area contributed by atoms with Crippen molar-refractivity contribution in [2.75, 3.05) is 33.7 Å². The van der Waals surface area contributed by atoms with Crippen molar-refractivity contribution in [2.24, 2.45) is 0 Å². The van der Waals surface area contributed by atoms with E-state index in [0.717, 1.165) is 13.1 Å². The predicted octanol–water partition coefficient (Wildman–Crippen LogP) is 0.291. The molecule has 2 fully saturated rings. The van der Waals surface area contributed by atoms with Gasteiger partial charge in [-0.1, -0.05) is 12.8 Å². The van der Waals surface area contributed by atoms with Gasteiger partial charge >= 0.3 is 0 Å². The van der Waals surface area contributed by atoms with Gasteiger partial charge in [-0.05, 0) is 26.9 Å². The monoisotopic (exact) mass is 225 g/mol. The van der Waals surface area contributed by atoms with Crippen LogP contribution < -0.4 is 5.32 Å². The van der Waals surface area contributed by atoms with Crippen LogP contribution >= 0.6 is 0 Å².